The molecule has 0 saturated carbocycles. The topological polar surface area (TPSA) is 66.0 Å². The van der Waals surface area contributed by atoms with Crippen molar-refractivity contribution >= 4 is 5.97 Å². The minimum absolute atomic E-state index is 0.0578. The molecule has 1 atom stereocenters. The molecule has 1 aromatic heterocycles. The van der Waals surface area contributed by atoms with Crippen LogP contribution in [0.25, 0.3) is 0 Å². The normalized spacial score (nSPS) is 20.3. The number of hydrogen-bond donors (Lipinski definition) is 2. The van der Waals surface area contributed by atoms with Gasteiger partial charge in [-0.3, -0.25) is 9.89 Å². The molecule has 0 aromatic carbocycles. The molecule has 1 aliphatic carbocycles. The second-order valence-electron chi connectivity index (χ2n) is 4.50. The molecule has 0 amide bonds. The van der Waals surface area contributed by atoms with Gasteiger partial charge in [0.05, 0.1) is 6.42 Å². The fourth-order valence-corrected chi connectivity index (χ4v) is 2.48. The Bertz CT molecular complexity index is 454. The number of aliphatic carboxylic acids is 1. The molecule has 0 saturated heterocycles. The lowest BCUT2D eigenvalue weighted by Crippen LogP contribution is -2.14. The fraction of sp³-hybridized carbons (Fsp3) is 0.636. The third kappa shape index (κ3) is 2.49. The molecular weight excluding hydrogens is 249 g/mol. The number of aryl methyl sites for hydroxylation is 1. The zero-order valence-corrected chi connectivity index (χ0v) is 9.55. The van der Waals surface area contributed by atoms with Gasteiger partial charge in [-0.1, -0.05) is 6.42 Å². The van der Waals surface area contributed by atoms with Gasteiger partial charge in [-0.15, -0.1) is 0 Å². The van der Waals surface area contributed by atoms with Crippen molar-refractivity contribution in [1.82, 2.24) is 10.2 Å². The Morgan fingerprint density at radius 2 is 2.17 bits per heavy atom. The van der Waals surface area contributed by atoms with E-state index in [0.717, 1.165) is 12.8 Å². The number of carboxylic acids is 1. The van der Waals surface area contributed by atoms with Crippen molar-refractivity contribution < 1.29 is 23.1 Å². The van der Waals surface area contributed by atoms with E-state index in [9.17, 15) is 18.0 Å². The van der Waals surface area contributed by atoms with E-state index in [1.165, 1.54) is 0 Å². The number of fused-ring (bicyclic) bond motifs is 1. The average Bonchev–Trinajstić information content (AvgIpc) is 2.57. The van der Waals surface area contributed by atoms with Crippen LogP contribution in [0.5, 0.6) is 0 Å². The lowest BCUT2D eigenvalue weighted by Gasteiger charge is -2.15. The summed E-state index contributed by atoms with van der Waals surface area (Å²) >= 11 is 0. The van der Waals surface area contributed by atoms with E-state index < -0.39 is 23.8 Å². The van der Waals surface area contributed by atoms with Crippen LogP contribution in [-0.4, -0.2) is 21.3 Å². The smallest absolute Gasteiger partial charge is 0.435 e. The number of rotatable bonds is 2. The number of carboxylic acid groups (broad SMARTS) is 1. The Labute approximate surface area is 101 Å². The maximum Gasteiger partial charge on any atom is 0.435 e. The van der Waals surface area contributed by atoms with Crippen molar-refractivity contribution in [3.05, 3.63) is 17.0 Å². The molecule has 0 aliphatic heterocycles. The van der Waals surface area contributed by atoms with E-state index in [-0.39, 0.29) is 12.0 Å². The van der Waals surface area contributed by atoms with Crippen LogP contribution in [0.2, 0.25) is 0 Å². The third-order valence-corrected chi connectivity index (χ3v) is 3.21. The van der Waals surface area contributed by atoms with E-state index in [4.69, 9.17) is 5.11 Å². The van der Waals surface area contributed by atoms with Gasteiger partial charge in [-0.2, -0.15) is 18.3 Å². The van der Waals surface area contributed by atoms with Crippen molar-refractivity contribution in [2.24, 2.45) is 0 Å². The van der Waals surface area contributed by atoms with E-state index >= 15 is 0 Å². The molecule has 7 heteroatoms. The Morgan fingerprint density at radius 1 is 1.44 bits per heavy atom. The highest BCUT2D eigenvalue weighted by atomic mass is 19.4. The van der Waals surface area contributed by atoms with Crippen molar-refractivity contribution in [3.8, 4) is 0 Å². The Balaban J connectivity index is 2.43. The largest absolute Gasteiger partial charge is 0.481 e. The second kappa shape index (κ2) is 4.62. The standard InChI is InChI=1S/C11H13F3N2O2/c12-11(13,14)10-9-6(5-8(17)18)3-1-2-4-7(9)15-16-10/h6H,1-5H2,(H,15,16)(H,17,18). The summed E-state index contributed by atoms with van der Waals surface area (Å²) in [4.78, 5) is 10.8. The minimum Gasteiger partial charge on any atom is -0.481 e. The van der Waals surface area contributed by atoms with Crippen LogP contribution in [0.3, 0.4) is 0 Å². The van der Waals surface area contributed by atoms with Crippen LogP contribution in [0.4, 0.5) is 13.2 Å². The first kappa shape index (κ1) is 12.9. The molecule has 1 heterocycles. The molecule has 1 aromatic rings. The van der Waals surface area contributed by atoms with Gasteiger partial charge < -0.3 is 5.11 Å². The van der Waals surface area contributed by atoms with Crippen molar-refractivity contribution in [2.45, 2.75) is 44.2 Å². The maximum absolute atomic E-state index is 12.8. The number of alkyl halides is 3. The summed E-state index contributed by atoms with van der Waals surface area (Å²) in [5.41, 5.74) is -0.459. The molecular formula is C11H13F3N2O2. The van der Waals surface area contributed by atoms with Crippen molar-refractivity contribution in [2.75, 3.05) is 0 Å². The fourth-order valence-electron chi connectivity index (χ4n) is 2.48. The highest BCUT2D eigenvalue weighted by Gasteiger charge is 2.40. The van der Waals surface area contributed by atoms with Crippen molar-refractivity contribution in [1.29, 1.82) is 0 Å². The maximum atomic E-state index is 12.8. The van der Waals surface area contributed by atoms with Crippen LogP contribution in [0.15, 0.2) is 0 Å². The number of aromatic amines is 1. The van der Waals surface area contributed by atoms with Gasteiger partial charge in [0.2, 0.25) is 0 Å². The van der Waals surface area contributed by atoms with Crippen molar-refractivity contribution in [3.63, 3.8) is 0 Å². The Morgan fingerprint density at radius 3 is 2.78 bits per heavy atom. The van der Waals surface area contributed by atoms with Gasteiger partial charge in [-0.25, -0.2) is 0 Å². The first-order chi connectivity index (χ1) is 8.39. The number of aromatic nitrogens is 2. The van der Waals surface area contributed by atoms with E-state index in [1.807, 2.05) is 0 Å². The van der Waals surface area contributed by atoms with Gasteiger partial charge >= 0.3 is 12.1 Å². The second-order valence-corrected chi connectivity index (χ2v) is 4.50. The van der Waals surface area contributed by atoms with Crippen LogP contribution in [-0.2, 0) is 17.4 Å². The molecule has 18 heavy (non-hydrogen) atoms. The van der Waals surface area contributed by atoms with Gasteiger partial charge in [0.1, 0.15) is 0 Å². The predicted octanol–water partition coefficient (Wildman–Crippen LogP) is 2.71. The van der Waals surface area contributed by atoms with E-state index in [1.54, 1.807) is 0 Å². The minimum atomic E-state index is -4.54. The highest BCUT2D eigenvalue weighted by molar-refractivity contribution is 5.68. The summed E-state index contributed by atoms with van der Waals surface area (Å²) in [6, 6.07) is 0. The summed E-state index contributed by atoms with van der Waals surface area (Å²) in [6.07, 6.45) is -2.38. The van der Waals surface area contributed by atoms with E-state index in [2.05, 4.69) is 10.2 Å². The number of nitrogens with one attached hydrogen (secondary N) is 1. The lowest BCUT2D eigenvalue weighted by atomic mass is 9.91. The molecule has 2 N–H and O–H groups in total. The third-order valence-electron chi connectivity index (χ3n) is 3.21. The Kier molecular flexibility index (Phi) is 3.32. The molecule has 0 fully saturated rings. The van der Waals surface area contributed by atoms with Crippen LogP contribution >= 0.6 is 0 Å². The number of halogens is 3. The molecule has 0 spiro atoms. The molecule has 0 radical (unpaired) electrons. The molecule has 100 valence electrons. The van der Waals surface area contributed by atoms with E-state index in [0.29, 0.717) is 18.5 Å². The average molecular weight is 262 g/mol. The molecule has 0 bridgehead atoms. The molecule has 1 unspecified atom stereocenters. The summed E-state index contributed by atoms with van der Waals surface area (Å²) in [7, 11) is 0. The molecule has 2 rings (SSSR count). The number of hydrogen-bond acceptors (Lipinski definition) is 2. The van der Waals surface area contributed by atoms with Gasteiger partial charge in [0.25, 0.3) is 0 Å². The summed E-state index contributed by atoms with van der Waals surface area (Å²) in [6.45, 7) is 0. The summed E-state index contributed by atoms with van der Waals surface area (Å²) in [5, 5.41) is 14.5. The predicted molar refractivity (Wildman–Crippen MR) is 56.1 cm³/mol. The number of nitrogens with zero attached hydrogens (tertiary/aromatic N) is 1. The summed E-state index contributed by atoms with van der Waals surface area (Å²) < 4.78 is 38.5. The van der Waals surface area contributed by atoms with Crippen LogP contribution in [0.1, 0.15) is 48.6 Å². The van der Waals surface area contributed by atoms with Crippen LogP contribution in [0, 0.1) is 0 Å². The van der Waals surface area contributed by atoms with Crippen LogP contribution < -0.4 is 0 Å². The van der Waals surface area contributed by atoms with Gasteiger partial charge in [0.15, 0.2) is 5.69 Å². The Hall–Kier alpha value is -1.53. The zero-order chi connectivity index (χ0) is 13.3. The highest BCUT2D eigenvalue weighted by Crippen LogP contribution is 2.40. The first-order valence-corrected chi connectivity index (χ1v) is 5.75. The van der Waals surface area contributed by atoms with Gasteiger partial charge in [-0.05, 0) is 25.2 Å². The zero-order valence-electron chi connectivity index (χ0n) is 9.55. The lowest BCUT2D eigenvalue weighted by molar-refractivity contribution is -0.143. The SMILES string of the molecule is O=C(O)CC1CCCCc2[nH]nc(C(F)(F)F)c21. The first-order valence-electron chi connectivity index (χ1n) is 5.75. The quantitative estimate of drug-likeness (QED) is 0.805. The van der Waals surface area contributed by atoms with Gasteiger partial charge in [0, 0.05) is 11.3 Å². The molecule has 4 nitrogen and oxygen atoms in total. The number of H-pyrrole nitrogens is 1. The molecule has 1 aliphatic rings. The number of carbonyl (C=O) groups is 1. The summed E-state index contributed by atoms with van der Waals surface area (Å²) in [5.74, 6) is -1.68. The monoisotopic (exact) mass is 262 g/mol.